The van der Waals surface area contributed by atoms with Gasteiger partial charge in [-0.25, -0.2) is 0 Å². The number of hydrogen-bond acceptors (Lipinski definition) is 2. The van der Waals surface area contributed by atoms with Gasteiger partial charge in [0.05, 0.1) is 0 Å². The van der Waals surface area contributed by atoms with E-state index in [4.69, 9.17) is 0 Å². The lowest BCUT2D eigenvalue weighted by molar-refractivity contribution is -0.0498. The summed E-state index contributed by atoms with van der Waals surface area (Å²) in [6.45, 7) is -2.87. The predicted octanol–water partition coefficient (Wildman–Crippen LogP) is 4.18. The molecule has 0 amide bonds. The topological polar surface area (TPSA) is 26.3 Å². The summed E-state index contributed by atoms with van der Waals surface area (Å²) >= 11 is 0. The Morgan fingerprint density at radius 3 is 2.25 bits per heavy atom. The van der Waals surface area contributed by atoms with Gasteiger partial charge in [-0.15, -0.1) is 0 Å². The average Bonchev–Trinajstić information content (AvgIpc) is 2.46. The molecule has 0 saturated carbocycles. The number of halogens is 2. The number of alkyl halides is 2. The first-order valence-corrected chi connectivity index (χ1v) is 5.97. The Balaban J connectivity index is 2.04. The molecule has 0 aliphatic rings. The summed E-state index contributed by atoms with van der Waals surface area (Å²) in [4.78, 5) is 11.9. The van der Waals surface area contributed by atoms with Crippen molar-refractivity contribution in [2.24, 2.45) is 0 Å². The molecule has 0 saturated heterocycles. The van der Waals surface area contributed by atoms with Gasteiger partial charge in [0.25, 0.3) is 0 Å². The van der Waals surface area contributed by atoms with Crippen molar-refractivity contribution >= 4 is 11.9 Å². The van der Waals surface area contributed by atoms with Gasteiger partial charge in [0.2, 0.25) is 0 Å². The van der Waals surface area contributed by atoms with Crippen molar-refractivity contribution in [1.29, 1.82) is 0 Å². The SMILES string of the molecule is O=C(C=Cc1ccccc1)c1ccc(OC(F)F)cc1. The van der Waals surface area contributed by atoms with Crippen LogP contribution in [-0.2, 0) is 0 Å². The zero-order chi connectivity index (χ0) is 14.4. The van der Waals surface area contributed by atoms with Crippen LogP contribution >= 0.6 is 0 Å². The normalized spacial score (nSPS) is 10.9. The van der Waals surface area contributed by atoms with Crippen molar-refractivity contribution < 1.29 is 18.3 Å². The molecule has 0 radical (unpaired) electrons. The molecule has 2 nitrogen and oxygen atoms in total. The first kappa shape index (κ1) is 13.9. The lowest BCUT2D eigenvalue weighted by atomic mass is 10.1. The van der Waals surface area contributed by atoms with Crippen LogP contribution in [0.15, 0.2) is 60.7 Å². The zero-order valence-electron chi connectivity index (χ0n) is 10.5. The summed E-state index contributed by atoms with van der Waals surface area (Å²) in [6.07, 6.45) is 3.14. The van der Waals surface area contributed by atoms with Gasteiger partial charge in [-0.3, -0.25) is 4.79 Å². The number of hydrogen-bond donors (Lipinski definition) is 0. The summed E-state index contributed by atoms with van der Waals surface area (Å²) in [7, 11) is 0. The van der Waals surface area contributed by atoms with Crippen LogP contribution in [0.1, 0.15) is 15.9 Å². The van der Waals surface area contributed by atoms with Crippen molar-refractivity contribution in [2.75, 3.05) is 0 Å². The van der Waals surface area contributed by atoms with Crippen molar-refractivity contribution in [2.45, 2.75) is 6.61 Å². The molecular formula is C16H12F2O2. The molecule has 0 fully saturated rings. The zero-order valence-corrected chi connectivity index (χ0v) is 10.5. The molecule has 0 spiro atoms. The molecule has 0 unspecified atom stereocenters. The number of ether oxygens (including phenoxy) is 1. The van der Waals surface area contributed by atoms with Gasteiger partial charge in [0.1, 0.15) is 5.75 Å². The highest BCUT2D eigenvalue weighted by molar-refractivity contribution is 6.06. The number of benzene rings is 2. The third-order valence-corrected chi connectivity index (χ3v) is 2.59. The van der Waals surface area contributed by atoms with Crippen LogP contribution in [0.4, 0.5) is 8.78 Å². The molecule has 20 heavy (non-hydrogen) atoms. The number of carbonyl (C=O) groups excluding carboxylic acids is 1. The van der Waals surface area contributed by atoms with Crippen molar-refractivity contribution in [1.82, 2.24) is 0 Å². The van der Waals surface area contributed by atoms with Gasteiger partial charge in [-0.2, -0.15) is 8.78 Å². The summed E-state index contributed by atoms with van der Waals surface area (Å²) in [5.74, 6) is -0.166. The molecule has 0 bridgehead atoms. The van der Waals surface area contributed by atoms with Crippen LogP contribution in [0.3, 0.4) is 0 Å². The fraction of sp³-hybridized carbons (Fsp3) is 0.0625. The Kier molecular flexibility index (Phi) is 4.60. The van der Waals surface area contributed by atoms with E-state index in [-0.39, 0.29) is 11.5 Å². The molecule has 0 aliphatic heterocycles. The van der Waals surface area contributed by atoms with Gasteiger partial charge in [-0.1, -0.05) is 36.4 Å². The monoisotopic (exact) mass is 274 g/mol. The average molecular weight is 274 g/mol. The molecule has 2 rings (SSSR count). The highest BCUT2D eigenvalue weighted by Crippen LogP contribution is 2.15. The highest BCUT2D eigenvalue weighted by atomic mass is 19.3. The second-order valence-corrected chi connectivity index (χ2v) is 4.01. The predicted molar refractivity (Wildman–Crippen MR) is 72.9 cm³/mol. The fourth-order valence-corrected chi connectivity index (χ4v) is 1.63. The van der Waals surface area contributed by atoms with Gasteiger partial charge in [-0.05, 0) is 35.9 Å². The van der Waals surface area contributed by atoms with Gasteiger partial charge >= 0.3 is 6.61 Å². The minimum Gasteiger partial charge on any atom is -0.435 e. The molecule has 2 aromatic carbocycles. The van der Waals surface area contributed by atoms with Crippen LogP contribution in [0, 0.1) is 0 Å². The Morgan fingerprint density at radius 1 is 1.00 bits per heavy atom. The molecule has 2 aromatic rings. The summed E-state index contributed by atoms with van der Waals surface area (Å²) in [5.41, 5.74) is 1.33. The van der Waals surface area contributed by atoms with E-state index in [0.29, 0.717) is 5.56 Å². The van der Waals surface area contributed by atoms with Gasteiger partial charge < -0.3 is 4.74 Å². The van der Waals surface area contributed by atoms with E-state index in [1.54, 1.807) is 6.08 Å². The van der Waals surface area contributed by atoms with Crippen LogP contribution in [0.2, 0.25) is 0 Å². The molecule has 4 heteroatoms. The summed E-state index contributed by atoms with van der Waals surface area (Å²) in [6, 6.07) is 15.0. The first-order chi connectivity index (χ1) is 9.65. The maximum Gasteiger partial charge on any atom is 0.387 e. The number of ketones is 1. The number of allylic oxidation sites excluding steroid dienone is 1. The van der Waals surface area contributed by atoms with Crippen molar-refractivity contribution in [3.63, 3.8) is 0 Å². The Labute approximate surface area is 115 Å². The standard InChI is InChI=1S/C16H12F2O2/c17-16(18)20-14-9-7-13(8-10-14)15(19)11-6-12-4-2-1-3-5-12/h1-11,16H. The minimum absolute atomic E-state index is 0.0311. The third kappa shape index (κ3) is 4.02. The van der Waals surface area contributed by atoms with Crippen LogP contribution in [0.25, 0.3) is 6.08 Å². The molecule has 0 N–H and O–H groups in total. The third-order valence-electron chi connectivity index (χ3n) is 2.59. The van der Waals surface area contributed by atoms with E-state index in [9.17, 15) is 13.6 Å². The Bertz CT molecular complexity index is 590. The number of carbonyl (C=O) groups is 1. The molecule has 0 heterocycles. The second kappa shape index (κ2) is 6.61. The fourth-order valence-electron chi connectivity index (χ4n) is 1.63. The lowest BCUT2D eigenvalue weighted by Crippen LogP contribution is -2.02. The summed E-state index contributed by atoms with van der Waals surface area (Å²) < 4.78 is 28.2. The first-order valence-electron chi connectivity index (χ1n) is 5.97. The van der Waals surface area contributed by atoms with E-state index in [2.05, 4.69) is 4.74 Å². The molecular weight excluding hydrogens is 262 g/mol. The number of rotatable bonds is 5. The van der Waals surface area contributed by atoms with E-state index in [1.807, 2.05) is 30.3 Å². The molecule has 0 aliphatic carbocycles. The Morgan fingerprint density at radius 2 is 1.65 bits per heavy atom. The second-order valence-electron chi connectivity index (χ2n) is 4.01. The summed E-state index contributed by atoms with van der Waals surface area (Å²) in [5, 5.41) is 0. The molecule has 0 atom stereocenters. The van der Waals surface area contributed by atoms with Gasteiger partial charge in [0.15, 0.2) is 5.78 Å². The van der Waals surface area contributed by atoms with Crippen LogP contribution < -0.4 is 4.74 Å². The van der Waals surface area contributed by atoms with Crippen molar-refractivity contribution in [3.05, 3.63) is 71.8 Å². The lowest BCUT2D eigenvalue weighted by Gasteiger charge is -2.04. The molecule has 102 valence electrons. The van der Waals surface area contributed by atoms with Crippen LogP contribution in [0.5, 0.6) is 5.75 Å². The maximum atomic E-state index is 12.0. The highest BCUT2D eigenvalue weighted by Gasteiger charge is 2.06. The largest absolute Gasteiger partial charge is 0.435 e. The van der Waals surface area contributed by atoms with E-state index in [0.717, 1.165) is 5.56 Å². The van der Waals surface area contributed by atoms with Gasteiger partial charge in [0, 0.05) is 5.56 Å². The maximum absolute atomic E-state index is 12.0. The van der Waals surface area contributed by atoms with E-state index < -0.39 is 6.61 Å². The van der Waals surface area contributed by atoms with E-state index >= 15 is 0 Å². The van der Waals surface area contributed by atoms with E-state index in [1.165, 1.54) is 30.3 Å². The Hall–Kier alpha value is -2.49. The quantitative estimate of drug-likeness (QED) is 0.603. The van der Waals surface area contributed by atoms with Crippen molar-refractivity contribution in [3.8, 4) is 5.75 Å². The minimum atomic E-state index is -2.87. The molecule has 0 aromatic heterocycles. The van der Waals surface area contributed by atoms with Crippen LogP contribution in [-0.4, -0.2) is 12.4 Å². The smallest absolute Gasteiger partial charge is 0.387 e.